The predicted octanol–water partition coefficient (Wildman–Crippen LogP) is 4.22. The van der Waals surface area contributed by atoms with E-state index in [4.69, 9.17) is 32.7 Å². The third kappa shape index (κ3) is 6.64. The molecule has 0 unspecified atom stereocenters. The molecular weight excluding hydrogens is 499 g/mol. The number of halogens is 2. The van der Waals surface area contributed by atoms with E-state index in [0.29, 0.717) is 11.5 Å². The first-order valence-electron chi connectivity index (χ1n) is 10.2. The number of methoxy groups -OCH3 is 2. The highest BCUT2D eigenvalue weighted by Gasteiger charge is 2.27. The molecule has 10 heteroatoms. The third-order valence-electron chi connectivity index (χ3n) is 4.99. The molecular formula is C24H24Cl2N2O5S. The average molecular weight is 523 g/mol. The molecule has 3 aromatic rings. The standard InChI is InChI=1S/C24H24Cl2N2O5S/c1-32-21-11-8-17(13-22(21)33-2)15-27-24(29)20(12-16-6-4-3-5-7-16)28-34(30,31)23-14-18(25)9-10-19(23)26/h3-11,13-14,20,28H,12,15H2,1-2H3,(H,27,29)/t20-/m1/s1. The maximum absolute atomic E-state index is 13.1. The van der Waals surface area contributed by atoms with Crippen LogP contribution in [-0.2, 0) is 27.8 Å². The summed E-state index contributed by atoms with van der Waals surface area (Å²) in [7, 11) is -1.09. The minimum Gasteiger partial charge on any atom is -0.493 e. The molecule has 0 saturated carbocycles. The van der Waals surface area contributed by atoms with Crippen LogP contribution in [0.1, 0.15) is 11.1 Å². The van der Waals surface area contributed by atoms with E-state index in [1.54, 1.807) is 18.2 Å². The molecule has 1 atom stereocenters. The minimum absolute atomic E-state index is 0.00102. The molecule has 0 aromatic heterocycles. The molecule has 0 spiro atoms. The third-order valence-corrected chi connectivity index (χ3v) is 7.18. The molecule has 0 aliphatic rings. The number of ether oxygens (including phenoxy) is 2. The number of benzene rings is 3. The van der Waals surface area contributed by atoms with Gasteiger partial charge >= 0.3 is 0 Å². The lowest BCUT2D eigenvalue weighted by Gasteiger charge is -2.19. The van der Waals surface area contributed by atoms with Gasteiger partial charge in [-0.05, 0) is 47.9 Å². The Bertz CT molecular complexity index is 1250. The predicted molar refractivity (Wildman–Crippen MR) is 132 cm³/mol. The van der Waals surface area contributed by atoms with E-state index < -0.39 is 22.0 Å². The van der Waals surface area contributed by atoms with E-state index in [9.17, 15) is 13.2 Å². The van der Waals surface area contributed by atoms with E-state index in [-0.39, 0.29) is 27.9 Å². The number of amides is 1. The second kappa shape index (κ2) is 11.6. The monoisotopic (exact) mass is 522 g/mol. The second-order valence-electron chi connectivity index (χ2n) is 7.35. The Morgan fingerprint density at radius 2 is 1.62 bits per heavy atom. The average Bonchev–Trinajstić information content (AvgIpc) is 2.83. The summed E-state index contributed by atoms with van der Waals surface area (Å²) >= 11 is 12.1. The van der Waals surface area contributed by atoms with Crippen LogP contribution in [0.3, 0.4) is 0 Å². The topological polar surface area (TPSA) is 93.7 Å². The van der Waals surface area contributed by atoms with E-state index >= 15 is 0 Å². The number of rotatable bonds is 10. The lowest BCUT2D eigenvalue weighted by molar-refractivity contribution is -0.122. The fourth-order valence-electron chi connectivity index (χ4n) is 3.27. The van der Waals surface area contributed by atoms with Crippen LogP contribution in [0.15, 0.2) is 71.6 Å². The summed E-state index contributed by atoms with van der Waals surface area (Å²) in [6.07, 6.45) is 0.135. The van der Waals surface area contributed by atoms with Crippen molar-refractivity contribution in [2.75, 3.05) is 14.2 Å². The molecule has 2 N–H and O–H groups in total. The molecule has 3 rings (SSSR count). The number of sulfonamides is 1. The molecule has 0 fully saturated rings. The summed E-state index contributed by atoms with van der Waals surface area (Å²) in [6.45, 7) is 0.157. The van der Waals surface area contributed by atoms with Crippen molar-refractivity contribution in [3.63, 3.8) is 0 Å². The molecule has 34 heavy (non-hydrogen) atoms. The van der Waals surface area contributed by atoms with Crippen LogP contribution < -0.4 is 19.5 Å². The molecule has 0 saturated heterocycles. The van der Waals surface area contributed by atoms with Crippen LogP contribution >= 0.6 is 23.2 Å². The van der Waals surface area contributed by atoms with Gasteiger partial charge in [0.1, 0.15) is 10.9 Å². The molecule has 0 bridgehead atoms. The molecule has 1 amide bonds. The van der Waals surface area contributed by atoms with Gasteiger partial charge in [-0.3, -0.25) is 4.79 Å². The molecule has 0 aliphatic carbocycles. The summed E-state index contributed by atoms with van der Waals surface area (Å²) in [5.74, 6) is 0.581. The van der Waals surface area contributed by atoms with Gasteiger partial charge in [0.15, 0.2) is 11.5 Å². The number of nitrogens with one attached hydrogen (secondary N) is 2. The summed E-state index contributed by atoms with van der Waals surface area (Å²) in [4.78, 5) is 12.9. The van der Waals surface area contributed by atoms with Crippen LogP contribution in [0, 0.1) is 0 Å². The Morgan fingerprint density at radius 1 is 0.912 bits per heavy atom. The SMILES string of the molecule is COc1ccc(CNC(=O)[C@@H](Cc2ccccc2)NS(=O)(=O)c2cc(Cl)ccc2Cl)cc1OC. The van der Waals surface area contributed by atoms with Crippen LogP contribution in [0.25, 0.3) is 0 Å². The Morgan fingerprint density at radius 3 is 2.29 bits per heavy atom. The zero-order valence-corrected chi connectivity index (χ0v) is 20.9. The van der Waals surface area contributed by atoms with E-state index in [1.807, 2.05) is 30.3 Å². The molecule has 7 nitrogen and oxygen atoms in total. The van der Waals surface area contributed by atoms with Gasteiger partial charge in [-0.2, -0.15) is 4.72 Å². The first-order valence-corrected chi connectivity index (χ1v) is 12.5. The van der Waals surface area contributed by atoms with Gasteiger partial charge in [0.25, 0.3) is 0 Å². The van der Waals surface area contributed by atoms with Crippen molar-refractivity contribution in [3.8, 4) is 11.5 Å². The van der Waals surface area contributed by atoms with Crippen molar-refractivity contribution in [1.29, 1.82) is 0 Å². The normalized spacial score (nSPS) is 12.1. The summed E-state index contributed by atoms with van der Waals surface area (Å²) in [6, 6.07) is 17.4. The summed E-state index contributed by atoms with van der Waals surface area (Å²) < 4.78 is 39.1. The minimum atomic E-state index is -4.14. The van der Waals surface area contributed by atoms with Crippen LogP contribution in [0.2, 0.25) is 10.0 Å². The van der Waals surface area contributed by atoms with Gasteiger partial charge in [0.05, 0.1) is 19.2 Å². The van der Waals surface area contributed by atoms with Crippen LogP contribution in [0.5, 0.6) is 11.5 Å². The smallest absolute Gasteiger partial charge is 0.242 e. The highest BCUT2D eigenvalue weighted by molar-refractivity contribution is 7.89. The fourth-order valence-corrected chi connectivity index (χ4v) is 5.23. The Hall–Kier alpha value is -2.78. The van der Waals surface area contributed by atoms with Gasteiger partial charge in [0.2, 0.25) is 15.9 Å². The van der Waals surface area contributed by atoms with Gasteiger partial charge in [0, 0.05) is 11.6 Å². The van der Waals surface area contributed by atoms with Gasteiger partial charge in [-0.15, -0.1) is 0 Å². The van der Waals surface area contributed by atoms with Crippen LogP contribution in [-0.4, -0.2) is 34.6 Å². The molecule has 180 valence electrons. The fraction of sp³-hybridized carbons (Fsp3) is 0.208. The number of carbonyl (C=O) groups is 1. The molecule has 3 aromatic carbocycles. The second-order valence-corrected chi connectivity index (χ2v) is 9.87. The van der Waals surface area contributed by atoms with Crippen molar-refractivity contribution in [2.24, 2.45) is 0 Å². The van der Waals surface area contributed by atoms with E-state index in [1.165, 1.54) is 32.4 Å². The zero-order chi connectivity index (χ0) is 24.7. The number of hydrogen-bond acceptors (Lipinski definition) is 5. The quantitative estimate of drug-likeness (QED) is 0.415. The van der Waals surface area contributed by atoms with Crippen molar-refractivity contribution >= 4 is 39.1 Å². The largest absolute Gasteiger partial charge is 0.493 e. The molecule has 0 radical (unpaired) electrons. The van der Waals surface area contributed by atoms with Crippen LogP contribution in [0.4, 0.5) is 0 Å². The zero-order valence-electron chi connectivity index (χ0n) is 18.5. The maximum Gasteiger partial charge on any atom is 0.242 e. The van der Waals surface area contributed by atoms with Crippen molar-refractivity contribution in [3.05, 3.63) is 87.9 Å². The van der Waals surface area contributed by atoms with Gasteiger partial charge < -0.3 is 14.8 Å². The number of hydrogen-bond donors (Lipinski definition) is 2. The molecule has 0 aliphatic heterocycles. The Labute approximate surface area is 209 Å². The highest BCUT2D eigenvalue weighted by atomic mass is 35.5. The van der Waals surface area contributed by atoms with Crippen molar-refractivity contribution in [1.82, 2.24) is 10.0 Å². The van der Waals surface area contributed by atoms with E-state index in [0.717, 1.165) is 11.1 Å². The highest BCUT2D eigenvalue weighted by Crippen LogP contribution is 2.28. The lowest BCUT2D eigenvalue weighted by Crippen LogP contribution is -2.47. The Balaban J connectivity index is 1.82. The molecule has 0 heterocycles. The number of carbonyl (C=O) groups excluding carboxylic acids is 1. The maximum atomic E-state index is 13.1. The van der Waals surface area contributed by atoms with E-state index in [2.05, 4.69) is 10.0 Å². The van der Waals surface area contributed by atoms with Crippen molar-refractivity contribution < 1.29 is 22.7 Å². The first kappa shape index (κ1) is 25.8. The summed E-state index contributed by atoms with van der Waals surface area (Å²) in [5.41, 5.74) is 1.54. The Kier molecular flexibility index (Phi) is 8.79. The summed E-state index contributed by atoms with van der Waals surface area (Å²) in [5, 5.41) is 3.00. The first-order chi connectivity index (χ1) is 16.2. The van der Waals surface area contributed by atoms with Crippen molar-refractivity contribution in [2.45, 2.75) is 23.9 Å². The van der Waals surface area contributed by atoms with Gasteiger partial charge in [-0.25, -0.2) is 8.42 Å². The lowest BCUT2D eigenvalue weighted by atomic mass is 10.1. The van der Waals surface area contributed by atoms with Gasteiger partial charge in [-0.1, -0.05) is 59.6 Å².